The van der Waals surface area contributed by atoms with Gasteiger partial charge in [-0.2, -0.15) is 0 Å². The number of furan rings is 1. The van der Waals surface area contributed by atoms with Crippen LogP contribution in [0, 0.1) is 29.8 Å². The van der Waals surface area contributed by atoms with Crippen LogP contribution in [0.25, 0.3) is 66.0 Å². The van der Waals surface area contributed by atoms with Gasteiger partial charge in [0.15, 0.2) is 0 Å². The molecule has 0 spiro atoms. The minimum absolute atomic E-state index is 0. The van der Waals surface area contributed by atoms with Gasteiger partial charge in [0, 0.05) is 48.8 Å². The summed E-state index contributed by atoms with van der Waals surface area (Å²) in [6, 6.07) is 41.2. The average Bonchev–Trinajstić information content (AvgIpc) is 3.55. The van der Waals surface area contributed by atoms with Gasteiger partial charge in [-0.1, -0.05) is 126 Å². The molecule has 1 aliphatic rings. The molecule has 0 unspecified atom stereocenters. The molecule has 55 heavy (non-hydrogen) atoms. The quantitative estimate of drug-likeness (QED) is 0.131. The fourth-order valence-electron chi connectivity index (χ4n) is 8.74. The van der Waals surface area contributed by atoms with Crippen LogP contribution >= 0.6 is 0 Å². The maximum atomic E-state index is 9.76. The Labute approximate surface area is 345 Å². The number of aromatic nitrogens is 2. The molecule has 3 nitrogen and oxygen atoms in total. The van der Waals surface area contributed by atoms with Gasteiger partial charge in [0.05, 0.1) is 5.58 Å². The van der Waals surface area contributed by atoms with Gasteiger partial charge < -0.3 is 14.4 Å². The first-order chi connectivity index (χ1) is 27.3. The van der Waals surface area contributed by atoms with Crippen molar-refractivity contribution in [3.63, 3.8) is 0 Å². The van der Waals surface area contributed by atoms with Crippen LogP contribution in [0.4, 0.5) is 0 Å². The summed E-state index contributed by atoms with van der Waals surface area (Å²) in [6.07, 6.45) is 5.55. The van der Waals surface area contributed by atoms with Crippen LogP contribution < -0.4 is 0 Å². The molecule has 1 saturated carbocycles. The molecule has 281 valence electrons. The molecule has 0 amide bonds. The van der Waals surface area contributed by atoms with Crippen molar-refractivity contribution in [1.29, 1.82) is 0 Å². The molecular weight excluding hydrogens is 849 g/mol. The van der Waals surface area contributed by atoms with E-state index in [0.717, 1.165) is 55.6 Å². The van der Waals surface area contributed by atoms with Crippen LogP contribution in [0.3, 0.4) is 0 Å². The first-order valence-corrected chi connectivity index (χ1v) is 18.9. The maximum Gasteiger partial charge on any atom is 0.129 e. The number of aryl methyl sites for hydroxylation is 1. The third kappa shape index (κ3) is 7.77. The molecule has 1 aliphatic carbocycles. The third-order valence-electron chi connectivity index (χ3n) is 10.8. The van der Waals surface area contributed by atoms with Gasteiger partial charge in [-0.25, -0.2) is 0 Å². The Hall–Kier alpha value is -4.63. The Morgan fingerprint density at radius 1 is 0.727 bits per heavy atom. The van der Waals surface area contributed by atoms with Crippen molar-refractivity contribution in [3.8, 4) is 22.5 Å². The number of rotatable bonds is 3. The van der Waals surface area contributed by atoms with E-state index in [-0.39, 0.29) is 41.9 Å². The number of hydrogen-bond donors (Lipinski definition) is 0. The smallest absolute Gasteiger partial charge is 0.129 e. The fourth-order valence-corrected chi connectivity index (χ4v) is 8.74. The van der Waals surface area contributed by atoms with Gasteiger partial charge in [0.2, 0.25) is 0 Å². The Balaban J connectivity index is 0.000000262. The number of benzene rings is 5. The van der Waals surface area contributed by atoms with E-state index in [0.29, 0.717) is 35.2 Å². The van der Waals surface area contributed by atoms with Gasteiger partial charge in [0.25, 0.3) is 0 Å². The van der Waals surface area contributed by atoms with Crippen molar-refractivity contribution in [2.24, 2.45) is 10.8 Å². The van der Waals surface area contributed by atoms with Crippen molar-refractivity contribution < 1.29 is 30.0 Å². The summed E-state index contributed by atoms with van der Waals surface area (Å²) in [6.45, 7) is 12.9. The summed E-state index contributed by atoms with van der Waals surface area (Å²) in [5, 5.41) is 6.41. The van der Waals surface area contributed by atoms with Crippen molar-refractivity contribution in [2.75, 3.05) is 0 Å². The molecule has 1 fully saturated rings. The minimum atomic E-state index is -2.38. The van der Waals surface area contributed by atoms with Crippen LogP contribution in [-0.2, 0) is 25.5 Å². The summed E-state index contributed by atoms with van der Waals surface area (Å²) in [5.41, 5.74) is 6.65. The second kappa shape index (κ2) is 14.8. The first-order valence-electron chi connectivity index (χ1n) is 20.9. The maximum absolute atomic E-state index is 9.76. The van der Waals surface area contributed by atoms with Gasteiger partial charge in [-0.05, 0) is 92.5 Å². The molecule has 1 radical (unpaired) electrons. The van der Waals surface area contributed by atoms with Crippen molar-refractivity contribution >= 4 is 43.5 Å². The Bertz CT molecular complexity index is 2780. The van der Waals surface area contributed by atoms with Crippen molar-refractivity contribution in [2.45, 2.75) is 85.9 Å². The topological polar surface area (TPSA) is 38.9 Å². The van der Waals surface area contributed by atoms with E-state index in [4.69, 9.17) is 8.53 Å². The Morgan fingerprint density at radius 2 is 1.44 bits per heavy atom. The van der Waals surface area contributed by atoms with Crippen LogP contribution in [0.15, 0.2) is 120 Å². The molecule has 5 aromatic carbocycles. The molecule has 8 aromatic rings. The van der Waals surface area contributed by atoms with E-state index in [1.807, 2.05) is 60.8 Å². The molecule has 3 heterocycles. The normalized spacial score (nSPS) is 17.4. The number of pyridine rings is 2. The molecule has 0 bridgehead atoms. The molecular formula is C51H50IrN2O-2. The molecule has 3 aromatic heterocycles. The van der Waals surface area contributed by atoms with E-state index in [9.17, 15) is 1.37 Å². The van der Waals surface area contributed by atoms with E-state index >= 15 is 0 Å². The monoisotopic (exact) mass is 903 g/mol. The number of hydrogen-bond acceptors (Lipinski definition) is 3. The van der Waals surface area contributed by atoms with Gasteiger partial charge in [0.1, 0.15) is 5.58 Å². The zero-order chi connectivity index (χ0) is 41.3. The zero-order valence-corrected chi connectivity index (χ0v) is 35.1. The summed E-state index contributed by atoms with van der Waals surface area (Å²) in [7, 11) is 0. The van der Waals surface area contributed by atoms with Crippen LogP contribution in [0.1, 0.15) is 95.8 Å². The Morgan fingerprint density at radius 3 is 2.15 bits per heavy atom. The van der Waals surface area contributed by atoms with E-state index in [1.165, 1.54) is 11.8 Å². The van der Waals surface area contributed by atoms with Gasteiger partial charge >= 0.3 is 0 Å². The third-order valence-corrected chi connectivity index (χ3v) is 10.8. The molecule has 9 rings (SSSR count). The zero-order valence-electron chi connectivity index (χ0n) is 36.7. The van der Waals surface area contributed by atoms with E-state index in [1.54, 1.807) is 0 Å². The molecule has 0 saturated heterocycles. The number of fused-ring (bicyclic) bond motifs is 7. The molecule has 0 N–H and O–H groups in total. The predicted octanol–water partition coefficient (Wildman–Crippen LogP) is 14.2. The standard InChI is InChI=1S/C36H34NO.C15H16N.Ir/c1-22-20-37-31(17-30(22)25-18-35(2,3)21-36(4,5)19-25)29-12-8-11-27-28-16-15-24-14-13-23-9-6-7-10-26(23)32(24)34(28)38-33(27)29;1-15(2,3)13-9-10-14(16-11-13)12-7-5-4-6-8-12;/h6-11,13-17,20,25H,18-19,21H2,1-5H3;4-7,9-11H,1-3H3;/q2*-1;/i1D3,25D;;. The molecule has 0 aliphatic heterocycles. The Kier molecular flexibility index (Phi) is 9.06. The van der Waals surface area contributed by atoms with Crippen molar-refractivity contribution in [3.05, 3.63) is 144 Å². The predicted molar refractivity (Wildman–Crippen MR) is 227 cm³/mol. The fraction of sp³-hybridized carbons (Fsp3) is 0.294. The van der Waals surface area contributed by atoms with E-state index in [2.05, 4.69) is 119 Å². The number of nitrogens with zero attached hydrogens (tertiary/aromatic N) is 2. The summed E-state index contributed by atoms with van der Waals surface area (Å²) in [4.78, 5) is 9.16. The van der Waals surface area contributed by atoms with Gasteiger partial charge in [-0.15, -0.1) is 54.1 Å². The van der Waals surface area contributed by atoms with E-state index < -0.39 is 12.7 Å². The van der Waals surface area contributed by atoms with Crippen LogP contribution in [-0.4, -0.2) is 9.97 Å². The molecule has 4 heteroatoms. The second-order valence-corrected chi connectivity index (χ2v) is 17.6. The SMILES string of the molecule is CC(C)(C)c1ccc(-c2[c-]cccc2)nc1.[2H]C([2H])([2H])c1cnc(-c2[c-]ccc3c2oc2c3ccc3ccc4ccccc4c32)cc1C1([2H])CC(C)(C)CC(C)(C)C1.[Ir]. The summed E-state index contributed by atoms with van der Waals surface area (Å²) in [5.74, 6) is -1.07. The second-order valence-electron chi connectivity index (χ2n) is 17.6. The van der Waals surface area contributed by atoms with Crippen molar-refractivity contribution in [1.82, 2.24) is 9.97 Å². The van der Waals surface area contributed by atoms with Crippen LogP contribution in [0.2, 0.25) is 0 Å². The molecule has 0 atom stereocenters. The average molecular weight is 903 g/mol. The minimum Gasteiger partial charge on any atom is -0.500 e. The van der Waals surface area contributed by atoms with Gasteiger partial charge in [-0.3, -0.25) is 0 Å². The first kappa shape index (κ1) is 33.7. The summed E-state index contributed by atoms with van der Waals surface area (Å²) >= 11 is 0. The van der Waals surface area contributed by atoms with Crippen LogP contribution in [0.5, 0.6) is 0 Å². The largest absolute Gasteiger partial charge is 0.500 e. The summed E-state index contributed by atoms with van der Waals surface area (Å²) < 4.78 is 41.4.